The fourth-order valence-corrected chi connectivity index (χ4v) is 3.78. The standard InChI is InChI=1S/C19H18O3/c1-3-10-7-15-16(8-11(10)4-2)18-14-9-12(19(20)21)5-6-13(14)17(15)22-18/h5-9,17-18H,3-4H2,1-2H3,(H,20,21)/t17-,18+/m1/s1. The fourth-order valence-electron chi connectivity index (χ4n) is 3.78. The van der Waals surface area contributed by atoms with Crippen LogP contribution in [0, 0.1) is 0 Å². The number of aromatic carboxylic acids is 1. The third-order valence-electron chi connectivity index (χ3n) is 4.90. The highest BCUT2D eigenvalue weighted by Crippen LogP contribution is 2.54. The van der Waals surface area contributed by atoms with Gasteiger partial charge in [0.05, 0.1) is 5.56 Å². The van der Waals surface area contributed by atoms with Crippen LogP contribution >= 0.6 is 0 Å². The molecule has 0 saturated heterocycles. The Morgan fingerprint density at radius 1 is 0.955 bits per heavy atom. The lowest BCUT2D eigenvalue weighted by Gasteiger charge is -2.19. The summed E-state index contributed by atoms with van der Waals surface area (Å²) in [6.07, 6.45) is 1.90. The van der Waals surface area contributed by atoms with E-state index in [0.717, 1.165) is 24.0 Å². The van der Waals surface area contributed by atoms with Crippen molar-refractivity contribution in [2.75, 3.05) is 0 Å². The van der Waals surface area contributed by atoms with Crippen LogP contribution in [0.1, 0.15) is 69.8 Å². The first kappa shape index (κ1) is 13.5. The molecule has 112 valence electrons. The molecular formula is C19H18O3. The summed E-state index contributed by atoms with van der Waals surface area (Å²) in [5.74, 6) is -0.888. The first-order chi connectivity index (χ1) is 10.6. The van der Waals surface area contributed by atoms with Crippen LogP contribution < -0.4 is 0 Å². The maximum Gasteiger partial charge on any atom is 0.335 e. The molecule has 3 nitrogen and oxygen atoms in total. The van der Waals surface area contributed by atoms with Gasteiger partial charge in [0, 0.05) is 0 Å². The summed E-state index contributed by atoms with van der Waals surface area (Å²) in [6, 6.07) is 9.89. The van der Waals surface area contributed by atoms with E-state index in [1.807, 2.05) is 6.07 Å². The molecule has 0 radical (unpaired) electrons. The summed E-state index contributed by atoms with van der Waals surface area (Å²) in [5.41, 5.74) is 7.70. The predicted molar refractivity (Wildman–Crippen MR) is 83.4 cm³/mol. The summed E-state index contributed by atoms with van der Waals surface area (Å²) in [4.78, 5) is 11.2. The minimum Gasteiger partial charge on any atom is -0.478 e. The van der Waals surface area contributed by atoms with E-state index in [1.165, 1.54) is 22.3 Å². The van der Waals surface area contributed by atoms with Crippen LogP contribution in [-0.2, 0) is 17.6 Å². The Labute approximate surface area is 129 Å². The zero-order chi connectivity index (χ0) is 15.4. The van der Waals surface area contributed by atoms with E-state index >= 15 is 0 Å². The van der Waals surface area contributed by atoms with Crippen molar-refractivity contribution in [3.05, 3.63) is 69.3 Å². The first-order valence-electron chi connectivity index (χ1n) is 7.82. The second-order valence-electron chi connectivity index (χ2n) is 6.00. The quantitative estimate of drug-likeness (QED) is 0.929. The number of benzene rings is 2. The van der Waals surface area contributed by atoms with Crippen molar-refractivity contribution in [3.63, 3.8) is 0 Å². The number of carboxylic acid groups (broad SMARTS) is 1. The molecule has 3 heteroatoms. The fraction of sp³-hybridized carbons (Fsp3) is 0.316. The lowest BCUT2D eigenvalue weighted by molar-refractivity contribution is 0.0696. The Morgan fingerprint density at radius 3 is 2.05 bits per heavy atom. The molecule has 4 rings (SSSR count). The smallest absolute Gasteiger partial charge is 0.335 e. The predicted octanol–water partition coefficient (Wildman–Crippen LogP) is 4.03. The van der Waals surface area contributed by atoms with Gasteiger partial charge in [-0.2, -0.15) is 0 Å². The molecule has 2 aromatic rings. The molecule has 2 bridgehead atoms. The lowest BCUT2D eigenvalue weighted by Crippen LogP contribution is -2.07. The van der Waals surface area contributed by atoms with Crippen molar-refractivity contribution in [3.8, 4) is 0 Å². The molecular weight excluding hydrogens is 276 g/mol. The van der Waals surface area contributed by atoms with Gasteiger partial charge in [-0.05, 0) is 58.4 Å². The van der Waals surface area contributed by atoms with Crippen LogP contribution in [0.15, 0.2) is 30.3 Å². The van der Waals surface area contributed by atoms with E-state index in [-0.39, 0.29) is 12.2 Å². The zero-order valence-electron chi connectivity index (χ0n) is 12.7. The monoisotopic (exact) mass is 294 g/mol. The maximum absolute atomic E-state index is 11.2. The highest BCUT2D eigenvalue weighted by atomic mass is 16.5. The second kappa shape index (κ2) is 4.68. The topological polar surface area (TPSA) is 46.5 Å². The van der Waals surface area contributed by atoms with Gasteiger partial charge in [-0.1, -0.05) is 32.0 Å². The summed E-state index contributed by atoms with van der Waals surface area (Å²) >= 11 is 0. The average Bonchev–Trinajstić information content (AvgIpc) is 3.09. The van der Waals surface area contributed by atoms with Crippen molar-refractivity contribution in [1.82, 2.24) is 0 Å². The average molecular weight is 294 g/mol. The molecule has 0 aromatic heterocycles. The van der Waals surface area contributed by atoms with E-state index < -0.39 is 5.97 Å². The van der Waals surface area contributed by atoms with E-state index in [9.17, 15) is 9.90 Å². The molecule has 0 spiro atoms. The highest BCUT2D eigenvalue weighted by Gasteiger charge is 2.43. The van der Waals surface area contributed by atoms with Crippen molar-refractivity contribution in [1.29, 1.82) is 0 Å². The third kappa shape index (κ3) is 1.69. The molecule has 0 fully saturated rings. The number of carboxylic acids is 1. The lowest BCUT2D eigenvalue weighted by atomic mass is 9.82. The van der Waals surface area contributed by atoms with Crippen LogP contribution in [0.4, 0.5) is 0 Å². The highest BCUT2D eigenvalue weighted by molar-refractivity contribution is 5.88. The van der Waals surface area contributed by atoms with E-state index in [2.05, 4.69) is 26.0 Å². The third-order valence-corrected chi connectivity index (χ3v) is 4.90. The SMILES string of the molecule is CCc1cc2c(cc1CC)[C@H]1O[C@@H]2c2ccc(C(=O)O)cc21. The molecule has 22 heavy (non-hydrogen) atoms. The van der Waals surface area contributed by atoms with Gasteiger partial charge < -0.3 is 9.84 Å². The minimum atomic E-state index is -0.888. The minimum absolute atomic E-state index is 0.0333. The number of hydrogen-bond donors (Lipinski definition) is 1. The summed E-state index contributed by atoms with van der Waals surface area (Å²) < 4.78 is 6.15. The van der Waals surface area contributed by atoms with Crippen LogP contribution in [-0.4, -0.2) is 11.1 Å². The van der Waals surface area contributed by atoms with Crippen LogP contribution in [0.2, 0.25) is 0 Å². The van der Waals surface area contributed by atoms with Crippen molar-refractivity contribution < 1.29 is 14.6 Å². The van der Waals surface area contributed by atoms with Crippen LogP contribution in [0.25, 0.3) is 0 Å². The van der Waals surface area contributed by atoms with Gasteiger partial charge in [-0.3, -0.25) is 0 Å². The van der Waals surface area contributed by atoms with Crippen molar-refractivity contribution in [2.45, 2.75) is 38.9 Å². The molecule has 2 aliphatic rings. The van der Waals surface area contributed by atoms with E-state index in [0.29, 0.717) is 5.56 Å². The number of carbonyl (C=O) groups is 1. The van der Waals surface area contributed by atoms with Gasteiger partial charge in [0.1, 0.15) is 12.2 Å². The molecule has 0 saturated carbocycles. The zero-order valence-corrected chi connectivity index (χ0v) is 12.7. The number of fused-ring (bicyclic) bond motifs is 8. The van der Waals surface area contributed by atoms with Crippen molar-refractivity contribution >= 4 is 5.97 Å². The normalized spacial score (nSPS) is 20.8. The number of aryl methyl sites for hydroxylation is 2. The van der Waals surface area contributed by atoms with Gasteiger partial charge in [-0.15, -0.1) is 0 Å². The largest absolute Gasteiger partial charge is 0.478 e. The number of rotatable bonds is 3. The Hall–Kier alpha value is -2.13. The number of hydrogen-bond acceptors (Lipinski definition) is 2. The summed E-state index contributed by atoms with van der Waals surface area (Å²) in [5, 5.41) is 9.19. The Balaban J connectivity index is 1.87. The van der Waals surface area contributed by atoms with Crippen LogP contribution in [0.3, 0.4) is 0 Å². The van der Waals surface area contributed by atoms with Gasteiger partial charge in [-0.25, -0.2) is 4.79 Å². The molecule has 2 aromatic carbocycles. The maximum atomic E-state index is 11.2. The van der Waals surface area contributed by atoms with Gasteiger partial charge in [0.2, 0.25) is 0 Å². The summed E-state index contributed by atoms with van der Waals surface area (Å²) in [6.45, 7) is 4.35. The molecule has 1 N–H and O–H groups in total. The molecule has 0 aliphatic carbocycles. The molecule has 2 aliphatic heterocycles. The van der Waals surface area contributed by atoms with Crippen LogP contribution in [0.5, 0.6) is 0 Å². The number of ether oxygens (including phenoxy) is 1. The second-order valence-corrected chi connectivity index (χ2v) is 6.00. The molecule has 0 unspecified atom stereocenters. The first-order valence-corrected chi connectivity index (χ1v) is 7.82. The molecule has 0 amide bonds. The van der Waals surface area contributed by atoms with Crippen molar-refractivity contribution in [2.24, 2.45) is 0 Å². The summed E-state index contributed by atoms with van der Waals surface area (Å²) in [7, 11) is 0. The van der Waals surface area contributed by atoms with Gasteiger partial charge >= 0.3 is 5.97 Å². The molecule has 2 heterocycles. The van der Waals surface area contributed by atoms with Gasteiger partial charge in [0.25, 0.3) is 0 Å². The Kier molecular flexibility index (Phi) is 2.88. The van der Waals surface area contributed by atoms with E-state index in [1.54, 1.807) is 12.1 Å². The molecule has 2 atom stereocenters. The van der Waals surface area contributed by atoms with Gasteiger partial charge in [0.15, 0.2) is 0 Å². The van der Waals surface area contributed by atoms with E-state index in [4.69, 9.17) is 4.74 Å². The Bertz CT molecular complexity index is 792. The Morgan fingerprint density at radius 2 is 1.50 bits per heavy atom.